The second-order valence-electron chi connectivity index (χ2n) is 6.69. The molecule has 0 unspecified atom stereocenters. The molecule has 3 rings (SSSR count). The minimum atomic E-state index is -0.0222. The monoisotopic (exact) mass is 321 g/mol. The molecule has 24 heavy (non-hydrogen) atoms. The van der Waals surface area contributed by atoms with Crippen LogP contribution in [-0.4, -0.2) is 5.91 Å². The van der Waals surface area contributed by atoms with Gasteiger partial charge in [-0.3, -0.25) is 4.79 Å². The van der Waals surface area contributed by atoms with Crippen LogP contribution in [0.4, 0.5) is 5.69 Å². The first-order chi connectivity index (χ1) is 11.3. The van der Waals surface area contributed by atoms with E-state index in [4.69, 9.17) is 4.42 Å². The quantitative estimate of drug-likeness (QED) is 0.724. The summed E-state index contributed by atoms with van der Waals surface area (Å²) >= 11 is 0. The van der Waals surface area contributed by atoms with Gasteiger partial charge >= 0.3 is 0 Å². The van der Waals surface area contributed by atoms with E-state index < -0.39 is 0 Å². The first kappa shape index (κ1) is 16.3. The molecule has 1 heterocycles. The maximum Gasteiger partial charge on any atom is 0.228 e. The van der Waals surface area contributed by atoms with E-state index >= 15 is 0 Å². The lowest BCUT2D eigenvalue weighted by atomic mass is 10.0. The van der Waals surface area contributed by atoms with Crippen molar-refractivity contribution in [3.63, 3.8) is 0 Å². The smallest absolute Gasteiger partial charge is 0.228 e. The van der Waals surface area contributed by atoms with Gasteiger partial charge in [0.25, 0.3) is 0 Å². The van der Waals surface area contributed by atoms with Crippen molar-refractivity contribution < 1.29 is 9.21 Å². The minimum absolute atomic E-state index is 0.0222. The topological polar surface area (TPSA) is 42.2 Å². The SMILES string of the molecule is Cc1cc(C)c(NC(=O)Cc2coc3cc(C)c(C)cc23)c(C)c1. The third-order valence-electron chi connectivity index (χ3n) is 4.56. The summed E-state index contributed by atoms with van der Waals surface area (Å²) in [6.45, 7) is 10.2. The number of anilines is 1. The van der Waals surface area contributed by atoms with Gasteiger partial charge in [-0.1, -0.05) is 17.7 Å². The summed E-state index contributed by atoms with van der Waals surface area (Å²) in [5, 5.41) is 4.07. The molecule has 0 saturated heterocycles. The molecule has 0 atom stereocenters. The number of rotatable bonds is 3. The van der Waals surface area contributed by atoms with Crippen LogP contribution in [0.2, 0.25) is 0 Å². The third-order valence-corrected chi connectivity index (χ3v) is 4.56. The first-order valence-electron chi connectivity index (χ1n) is 8.20. The Morgan fingerprint density at radius 1 is 0.917 bits per heavy atom. The number of aryl methyl sites for hydroxylation is 5. The minimum Gasteiger partial charge on any atom is -0.464 e. The van der Waals surface area contributed by atoms with Gasteiger partial charge in [0.05, 0.1) is 12.7 Å². The summed E-state index contributed by atoms with van der Waals surface area (Å²) in [6, 6.07) is 8.30. The Kier molecular flexibility index (Phi) is 4.18. The third kappa shape index (κ3) is 3.07. The van der Waals surface area contributed by atoms with E-state index in [0.29, 0.717) is 6.42 Å². The number of carbonyl (C=O) groups is 1. The lowest BCUT2D eigenvalue weighted by Gasteiger charge is -2.12. The number of hydrogen-bond donors (Lipinski definition) is 1. The average Bonchev–Trinajstić information content (AvgIpc) is 2.85. The van der Waals surface area contributed by atoms with Crippen molar-refractivity contribution >= 4 is 22.6 Å². The fraction of sp³-hybridized carbons (Fsp3) is 0.286. The zero-order valence-corrected chi connectivity index (χ0v) is 14.9. The van der Waals surface area contributed by atoms with Crippen LogP contribution in [0.3, 0.4) is 0 Å². The summed E-state index contributed by atoms with van der Waals surface area (Å²) in [5.74, 6) is -0.0222. The largest absolute Gasteiger partial charge is 0.464 e. The van der Waals surface area contributed by atoms with Gasteiger partial charge in [-0.2, -0.15) is 0 Å². The molecule has 2 aromatic carbocycles. The Hall–Kier alpha value is -2.55. The second-order valence-corrected chi connectivity index (χ2v) is 6.69. The number of carbonyl (C=O) groups excluding carboxylic acids is 1. The summed E-state index contributed by atoms with van der Waals surface area (Å²) in [5.41, 5.74) is 8.44. The van der Waals surface area contributed by atoms with Gasteiger partial charge in [-0.15, -0.1) is 0 Å². The fourth-order valence-electron chi connectivity index (χ4n) is 3.21. The Morgan fingerprint density at radius 2 is 1.54 bits per heavy atom. The van der Waals surface area contributed by atoms with E-state index in [1.165, 1.54) is 16.7 Å². The zero-order chi connectivity index (χ0) is 17.4. The number of hydrogen-bond acceptors (Lipinski definition) is 2. The molecular weight excluding hydrogens is 298 g/mol. The second kappa shape index (κ2) is 6.16. The van der Waals surface area contributed by atoms with Gasteiger partial charge in [-0.05, 0) is 69.0 Å². The normalized spacial score (nSPS) is 11.0. The van der Waals surface area contributed by atoms with Crippen LogP contribution in [0.25, 0.3) is 11.0 Å². The van der Waals surface area contributed by atoms with Gasteiger partial charge in [-0.25, -0.2) is 0 Å². The van der Waals surface area contributed by atoms with E-state index in [1.54, 1.807) is 6.26 Å². The van der Waals surface area contributed by atoms with Crippen molar-refractivity contribution in [1.82, 2.24) is 0 Å². The molecule has 3 aromatic rings. The van der Waals surface area contributed by atoms with Crippen molar-refractivity contribution in [2.45, 2.75) is 41.0 Å². The molecule has 3 heteroatoms. The lowest BCUT2D eigenvalue weighted by molar-refractivity contribution is -0.115. The molecular formula is C21H23NO2. The maximum atomic E-state index is 12.5. The van der Waals surface area contributed by atoms with Crippen molar-refractivity contribution in [3.05, 3.63) is 63.9 Å². The Labute approximate surface area is 142 Å². The van der Waals surface area contributed by atoms with E-state index in [9.17, 15) is 4.79 Å². The predicted molar refractivity (Wildman–Crippen MR) is 98.7 cm³/mol. The number of furan rings is 1. The van der Waals surface area contributed by atoms with Crippen molar-refractivity contribution in [3.8, 4) is 0 Å². The highest BCUT2D eigenvalue weighted by molar-refractivity contribution is 5.96. The standard InChI is InChI=1S/C21H23NO2/c1-12-6-15(4)21(16(5)7-12)22-20(23)10-17-11-24-19-9-14(3)13(2)8-18(17)19/h6-9,11H,10H2,1-5H3,(H,22,23). The molecule has 0 aliphatic carbocycles. The number of amides is 1. The highest BCUT2D eigenvalue weighted by Gasteiger charge is 2.13. The molecule has 0 fully saturated rings. The molecule has 1 N–H and O–H groups in total. The van der Waals surface area contributed by atoms with Gasteiger partial charge in [0.1, 0.15) is 5.58 Å². The predicted octanol–water partition coefficient (Wildman–Crippen LogP) is 5.16. The Bertz CT molecular complexity index is 911. The van der Waals surface area contributed by atoms with Gasteiger partial charge < -0.3 is 9.73 Å². The molecule has 0 saturated carbocycles. The van der Waals surface area contributed by atoms with Crippen LogP contribution in [0.5, 0.6) is 0 Å². The maximum absolute atomic E-state index is 12.5. The molecule has 0 radical (unpaired) electrons. The molecule has 3 nitrogen and oxygen atoms in total. The Balaban J connectivity index is 1.85. The van der Waals surface area contributed by atoms with Crippen LogP contribution in [0, 0.1) is 34.6 Å². The summed E-state index contributed by atoms with van der Waals surface area (Å²) < 4.78 is 5.62. The lowest BCUT2D eigenvalue weighted by Crippen LogP contribution is -2.16. The molecule has 0 bridgehead atoms. The summed E-state index contributed by atoms with van der Waals surface area (Å²) in [6.07, 6.45) is 2.00. The molecule has 0 spiro atoms. The molecule has 124 valence electrons. The van der Waals surface area contributed by atoms with Crippen LogP contribution in [0.15, 0.2) is 34.9 Å². The fourth-order valence-corrected chi connectivity index (χ4v) is 3.21. The van der Waals surface area contributed by atoms with E-state index in [0.717, 1.165) is 33.3 Å². The van der Waals surface area contributed by atoms with Crippen LogP contribution < -0.4 is 5.32 Å². The average molecular weight is 321 g/mol. The number of fused-ring (bicyclic) bond motifs is 1. The summed E-state index contributed by atoms with van der Waals surface area (Å²) in [7, 11) is 0. The van der Waals surface area contributed by atoms with Crippen LogP contribution >= 0.6 is 0 Å². The highest BCUT2D eigenvalue weighted by Crippen LogP contribution is 2.26. The van der Waals surface area contributed by atoms with E-state index in [2.05, 4.69) is 44.3 Å². The first-order valence-corrected chi connectivity index (χ1v) is 8.20. The Morgan fingerprint density at radius 3 is 2.21 bits per heavy atom. The van der Waals surface area contributed by atoms with Crippen molar-refractivity contribution in [2.24, 2.45) is 0 Å². The molecule has 1 amide bonds. The van der Waals surface area contributed by atoms with E-state index in [1.807, 2.05) is 19.9 Å². The van der Waals surface area contributed by atoms with E-state index in [-0.39, 0.29) is 5.91 Å². The van der Waals surface area contributed by atoms with Gasteiger partial charge in [0.15, 0.2) is 0 Å². The molecule has 1 aromatic heterocycles. The van der Waals surface area contributed by atoms with Gasteiger partial charge in [0.2, 0.25) is 5.91 Å². The van der Waals surface area contributed by atoms with Gasteiger partial charge in [0, 0.05) is 16.6 Å². The molecule has 0 aliphatic rings. The van der Waals surface area contributed by atoms with Crippen molar-refractivity contribution in [2.75, 3.05) is 5.32 Å². The highest BCUT2D eigenvalue weighted by atomic mass is 16.3. The molecule has 0 aliphatic heterocycles. The number of nitrogens with one attached hydrogen (secondary N) is 1. The number of benzene rings is 2. The summed E-state index contributed by atoms with van der Waals surface area (Å²) in [4.78, 5) is 12.5. The zero-order valence-electron chi connectivity index (χ0n) is 14.9. The van der Waals surface area contributed by atoms with Crippen molar-refractivity contribution in [1.29, 1.82) is 0 Å². The van der Waals surface area contributed by atoms with Crippen LogP contribution in [-0.2, 0) is 11.2 Å². The van der Waals surface area contributed by atoms with Crippen LogP contribution in [0.1, 0.15) is 33.4 Å².